The van der Waals surface area contributed by atoms with Crippen LogP contribution in [0, 0.1) is 6.92 Å². The number of aryl methyl sites for hydroxylation is 1. The Labute approximate surface area is 211 Å². The van der Waals surface area contributed by atoms with Crippen molar-refractivity contribution in [2.45, 2.75) is 19.4 Å². The number of halogens is 1. The number of nitrogens with one attached hydrogen (secondary N) is 2. The van der Waals surface area contributed by atoms with Crippen LogP contribution in [-0.2, 0) is 11.2 Å². The maximum Gasteiger partial charge on any atom is 0.315 e. The van der Waals surface area contributed by atoms with Crippen molar-refractivity contribution in [3.63, 3.8) is 0 Å². The molecule has 5 rings (SSSR count). The van der Waals surface area contributed by atoms with E-state index in [-0.39, 0.29) is 24.9 Å². The summed E-state index contributed by atoms with van der Waals surface area (Å²) >= 11 is 6.05. The van der Waals surface area contributed by atoms with Crippen molar-refractivity contribution in [2.75, 3.05) is 11.9 Å². The zero-order valence-corrected chi connectivity index (χ0v) is 20.0. The molecule has 2 aromatic heterocycles. The van der Waals surface area contributed by atoms with E-state index in [1.54, 1.807) is 65.6 Å². The van der Waals surface area contributed by atoms with Crippen LogP contribution in [0.25, 0.3) is 5.82 Å². The van der Waals surface area contributed by atoms with Gasteiger partial charge in [-0.2, -0.15) is 4.98 Å². The van der Waals surface area contributed by atoms with Gasteiger partial charge in [0.1, 0.15) is 11.6 Å². The Morgan fingerprint density at radius 2 is 2.11 bits per heavy atom. The summed E-state index contributed by atoms with van der Waals surface area (Å²) in [6.45, 7) is 1.61. The summed E-state index contributed by atoms with van der Waals surface area (Å²) < 4.78 is 6.87. The number of aliphatic hydroxyl groups excluding tert-OH is 1. The lowest BCUT2D eigenvalue weighted by Crippen LogP contribution is -2.30. The maximum absolute atomic E-state index is 12.9. The second kappa shape index (κ2) is 9.80. The molecule has 1 unspecified atom stereocenters. The molecule has 0 fully saturated rings. The number of ether oxygens (including phenoxy) is 1. The SMILES string of the molecule is Cc1cnc(Nc2ccc3c(c2)CC(=O)O3)nc1-n1ccc(C(=O)NC(CO)c2cccc(Cl)c2)c1. The van der Waals surface area contributed by atoms with Crippen LogP contribution in [-0.4, -0.2) is 38.1 Å². The lowest BCUT2D eigenvalue weighted by molar-refractivity contribution is -0.131. The highest BCUT2D eigenvalue weighted by Gasteiger charge is 2.21. The monoisotopic (exact) mass is 503 g/mol. The number of fused-ring (bicyclic) bond motifs is 1. The second-order valence-corrected chi connectivity index (χ2v) is 8.81. The Bertz CT molecular complexity index is 1470. The molecule has 36 heavy (non-hydrogen) atoms. The van der Waals surface area contributed by atoms with E-state index < -0.39 is 6.04 Å². The number of carbonyl (C=O) groups excluding carboxylic acids is 2. The lowest BCUT2D eigenvalue weighted by Gasteiger charge is -2.16. The summed E-state index contributed by atoms with van der Waals surface area (Å²) in [5.74, 6) is 0.906. The van der Waals surface area contributed by atoms with E-state index in [1.165, 1.54) is 0 Å². The summed E-state index contributed by atoms with van der Waals surface area (Å²) in [5, 5.41) is 16.3. The largest absolute Gasteiger partial charge is 0.426 e. The van der Waals surface area contributed by atoms with Crippen LogP contribution in [0.4, 0.5) is 11.6 Å². The molecule has 1 atom stereocenters. The first-order valence-corrected chi connectivity index (χ1v) is 11.6. The van der Waals surface area contributed by atoms with Gasteiger partial charge in [0.25, 0.3) is 5.91 Å². The fraction of sp³-hybridized carbons (Fsp3) is 0.154. The standard InChI is InChI=1S/C26H22ClN5O4/c1-15-12-28-26(29-20-5-6-22-18(10-20)11-23(34)36-22)31-24(15)32-8-7-17(13-32)25(35)30-21(14-33)16-3-2-4-19(27)9-16/h2-10,12-13,21,33H,11,14H2,1H3,(H,30,35)(H,28,29,31). The normalized spacial score (nSPS) is 13.1. The fourth-order valence-electron chi connectivity index (χ4n) is 3.95. The maximum atomic E-state index is 12.9. The van der Waals surface area contributed by atoms with Crippen LogP contribution in [0.3, 0.4) is 0 Å². The molecular formula is C26H22ClN5O4. The van der Waals surface area contributed by atoms with Crippen molar-refractivity contribution >= 4 is 35.1 Å². The third-order valence-corrected chi connectivity index (χ3v) is 5.99. The van der Waals surface area contributed by atoms with E-state index in [0.29, 0.717) is 33.7 Å². The number of carbonyl (C=O) groups is 2. The molecule has 1 aliphatic rings. The van der Waals surface area contributed by atoms with Crippen LogP contribution in [0.1, 0.15) is 33.1 Å². The molecule has 2 aromatic carbocycles. The van der Waals surface area contributed by atoms with Gasteiger partial charge in [-0.05, 0) is 48.9 Å². The van der Waals surface area contributed by atoms with E-state index in [4.69, 9.17) is 16.3 Å². The minimum atomic E-state index is -0.593. The minimum absolute atomic E-state index is 0.230. The third-order valence-electron chi connectivity index (χ3n) is 5.76. The number of aromatic nitrogens is 3. The molecule has 3 heterocycles. The number of esters is 1. The van der Waals surface area contributed by atoms with E-state index in [1.807, 2.05) is 13.0 Å². The van der Waals surface area contributed by atoms with Crippen LogP contribution < -0.4 is 15.4 Å². The molecule has 0 aliphatic carbocycles. The van der Waals surface area contributed by atoms with E-state index >= 15 is 0 Å². The predicted octanol–water partition coefficient (Wildman–Crippen LogP) is 3.90. The van der Waals surface area contributed by atoms with Gasteiger partial charge >= 0.3 is 5.97 Å². The third kappa shape index (κ3) is 4.93. The van der Waals surface area contributed by atoms with Crippen molar-refractivity contribution in [1.29, 1.82) is 0 Å². The molecule has 10 heteroatoms. The molecular weight excluding hydrogens is 482 g/mol. The smallest absolute Gasteiger partial charge is 0.315 e. The molecule has 1 amide bonds. The van der Waals surface area contributed by atoms with Gasteiger partial charge in [-0.15, -0.1) is 0 Å². The van der Waals surface area contributed by atoms with E-state index in [9.17, 15) is 14.7 Å². The molecule has 0 saturated heterocycles. The van der Waals surface area contributed by atoms with E-state index in [0.717, 1.165) is 16.8 Å². The zero-order chi connectivity index (χ0) is 25.2. The number of anilines is 2. The molecule has 0 saturated carbocycles. The first kappa shape index (κ1) is 23.5. The number of rotatable bonds is 7. The molecule has 4 aromatic rings. The number of hydrogen-bond acceptors (Lipinski definition) is 7. The van der Waals surface area contributed by atoms with Crippen molar-refractivity contribution in [2.24, 2.45) is 0 Å². The minimum Gasteiger partial charge on any atom is -0.426 e. The number of benzene rings is 2. The number of aliphatic hydroxyl groups is 1. The van der Waals surface area contributed by atoms with Gasteiger partial charge in [0.2, 0.25) is 5.95 Å². The summed E-state index contributed by atoms with van der Waals surface area (Å²) in [7, 11) is 0. The van der Waals surface area contributed by atoms with Gasteiger partial charge < -0.3 is 25.0 Å². The Kier molecular flexibility index (Phi) is 6.41. The molecule has 1 aliphatic heterocycles. The highest BCUT2D eigenvalue weighted by atomic mass is 35.5. The first-order valence-electron chi connectivity index (χ1n) is 11.2. The van der Waals surface area contributed by atoms with Crippen LogP contribution >= 0.6 is 11.6 Å². The Morgan fingerprint density at radius 3 is 2.92 bits per heavy atom. The van der Waals surface area contributed by atoms with Crippen LogP contribution in [0.5, 0.6) is 5.75 Å². The van der Waals surface area contributed by atoms with Gasteiger partial charge in [-0.25, -0.2) is 4.98 Å². The molecule has 9 nitrogen and oxygen atoms in total. The number of hydrogen-bond donors (Lipinski definition) is 3. The zero-order valence-electron chi connectivity index (χ0n) is 19.2. The van der Waals surface area contributed by atoms with E-state index in [2.05, 4.69) is 20.6 Å². The van der Waals surface area contributed by atoms with Crippen molar-refractivity contribution in [1.82, 2.24) is 19.9 Å². The van der Waals surface area contributed by atoms with Crippen molar-refractivity contribution < 1.29 is 19.4 Å². The van der Waals surface area contributed by atoms with Gasteiger partial charge in [0.05, 0.1) is 24.6 Å². The average molecular weight is 504 g/mol. The fourth-order valence-corrected chi connectivity index (χ4v) is 4.15. The molecule has 0 bridgehead atoms. The molecule has 182 valence electrons. The highest BCUT2D eigenvalue weighted by molar-refractivity contribution is 6.30. The first-order chi connectivity index (χ1) is 17.4. The van der Waals surface area contributed by atoms with Gasteiger partial charge in [-0.1, -0.05) is 23.7 Å². The summed E-state index contributed by atoms with van der Waals surface area (Å²) in [5.41, 5.74) is 3.46. The Balaban J connectivity index is 1.33. The summed E-state index contributed by atoms with van der Waals surface area (Å²) in [6, 6.07) is 13.4. The van der Waals surface area contributed by atoms with Crippen LogP contribution in [0.15, 0.2) is 67.1 Å². The average Bonchev–Trinajstić information content (AvgIpc) is 3.49. The number of nitrogens with zero attached hydrogens (tertiary/aromatic N) is 3. The Hall–Kier alpha value is -4.21. The van der Waals surface area contributed by atoms with Crippen molar-refractivity contribution in [3.8, 4) is 11.6 Å². The molecule has 0 radical (unpaired) electrons. The molecule has 0 spiro atoms. The second-order valence-electron chi connectivity index (χ2n) is 8.37. The van der Waals surface area contributed by atoms with Crippen LogP contribution in [0.2, 0.25) is 5.02 Å². The molecule has 3 N–H and O–H groups in total. The summed E-state index contributed by atoms with van der Waals surface area (Å²) in [4.78, 5) is 33.3. The lowest BCUT2D eigenvalue weighted by atomic mass is 10.1. The number of amides is 1. The van der Waals surface area contributed by atoms with Gasteiger partial charge in [0, 0.05) is 40.4 Å². The topological polar surface area (TPSA) is 118 Å². The van der Waals surface area contributed by atoms with Gasteiger partial charge in [0.15, 0.2) is 0 Å². The van der Waals surface area contributed by atoms with Crippen molar-refractivity contribution in [3.05, 3.63) is 94.4 Å². The summed E-state index contributed by atoms with van der Waals surface area (Å²) in [6.07, 6.45) is 5.32. The Morgan fingerprint density at radius 1 is 1.25 bits per heavy atom. The predicted molar refractivity (Wildman–Crippen MR) is 134 cm³/mol. The highest BCUT2D eigenvalue weighted by Crippen LogP contribution is 2.29. The quantitative estimate of drug-likeness (QED) is 0.258. The van der Waals surface area contributed by atoms with Gasteiger partial charge in [-0.3, -0.25) is 9.59 Å².